The van der Waals surface area contributed by atoms with Crippen LogP contribution in [0.25, 0.3) is 0 Å². The SMILES string of the molecule is CNC1CCCC(S(=O)C2CCCCC2)C1. The van der Waals surface area contributed by atoms with Gasteiger partial charge in [-0.05, 0) is 39.2 Å². The Kier molecular flexibility index (Phi) is 4.83. The van der Waals surface area contributed by atoms with E-state index in [0.29, 0.717) is 16.5 Å². The van der Waals surface area contributed by atoms with E-state index in [1.54, 1.807) is 0 Å². The Bertz CT molecular complexity index is 238. The number of hydrogen-bond donors (Lipinski definition) is 1. The average molecular weight is 243 g/mol. The Morgan fingerprint density at radius 3 is 2.31 bits per heavy atom. The van der Waals surface area contributed by atoms with Gasteiger partial charge in [0.05, 0.1) is 0 Å². The molecule has 0 bridgehead atoms. The molecule has 3 unspecified atom stereocenters. The van der Waals surface area contributed by atoms with E-state index in [1.165, 1.54) is 51.4 Å². The summed E-state index contributed by atoms with van der Waals surface area (Å²) in [5.74, 6) is 0. The zero-order chi connectivity index (χ0) is 11.4. The summed E-state index contributed by atoms with van der Waals surface area (Å²) in [7, 11) is 1.48. The molecule has 2 nitrogen and oxygen atoms in total. The Labute approximate surface area is 102 Å². The number of hydrogen-bond acceptors (Lipinski definition) is 2. The molecule has 2 aliphatic rings. The van der Waals surface area contributed by atoms with E-state index in [4.69, 9.17) is 0 Å². The molecule has 0 spiro atoms. The second kappa shape index (κ2) is 6.15. The van der Waals surface area contributed by atoms with Gasteiger partial charge in [-0.1, -0.05) is 25.7 Å². The Morgan fingerprint density at radius 2 is 1.62 bits per heavy atom. The van der Waals surface area contributed by atoms with Crippen molar-refractivity contribution in [2.45, 2.75) is 74.3 Å². The Balaban J connectivity index is 1.87. The van der Waals surface area contributed by atoms with Crippen molar-refractivity contribution in [1.29, 1.82) is 0 Å². The summed E-state index contributed by atoms with van der Waals surface area (Å²) in [6.07, 6.45) is 11.3. The van der Waals surface area contributed by atoms with Crippen molar-refractivity contribution >= 4 is 10.8 Å². The minimum absolute atomic E-state index is 0.481. The molecule has 0 amide bonds. The molecular formula is C13H25NOS. The molecule has 0 aliphatic heterocycles. The van der Waals surface area contributed by atoms with Gasteiger partial charge in [-0.15, -0.1) is 0 Å². The highest BCUT2D eigenvalue weighted by atomic mass is 32.2. The summed E-state index contributed by atoms with van der Waals surface area (Å²) in [6, 6.07) is 0.617. The van der Waals surface area contributed by atoms with Crippen molar-refractivity contribution < 1.29 is 4.21 Å². The van der Waals surface area contributed by atoms with Gasteiger partial charge in [-0.2, -0.15) is 0 Å². The second-order valence-corrected chi connectivity index (χ2v) is 7.35. The molecule has 3 heteroatoms. The number of nitrogens with one attached hydrogen (secondary N) is 1. The molecule has 3 atom stereocenters. The van der Waals surface area contributed by atoms with Gasteiger partial charge in [0, 0.05) is 27.3 Å². The molecule has 16 heavy (non-hydrogen) atoms. The highest BCUT2D eigenvalue weighted by Crippen LogP contribution is 2.29. The summed E-state index contributed by atoms with van der Waals surface area (Å²) < 4.78 is 12.5. The van der Waals surface area contributed by atoms with Crippen molar-refractivity contribution in [2.24, 2.45) is 0 Å². The third kappa shape index (κ3) is 3.07. The summed E-state index contributed by atoms with van der Waals surface area (Å²) in [5, 5.41) is 4.36. The van der Waals surface area contributed by atoms with Crippen LogP contribution in [0.1, 0.15) is 57.8 Å². The maximum absolute atomic E-state index is 12.5. The van der Waals surface area contributed by atoms with Crippen molar-refractivity contribution in [3.63, 3.8) is 0 Å². The van der Waals surface area contributed by atoms with Gasteiger partial charge >= 0.3 is 0 Å². The fraction of sp³-hybridized carbons (Fsp3) is 1.00. The highest BCUT2D eigenvalue weighted by Gasteiger charge is 2.30. The molecule has 0 radical (unpaired) electrons. The summed E-state index contributed by atoms with van der Waals surface area (Å²) in [4.78, 5) is 0. The lowest BCUT2D eigenvalue weighted by Gasteiger charge is -2.32. The molecular weight excluding hydrogens is 218 g/mol. The Hall–Kier alpha value is 0.110. The van der Waals surface area contributed by atoms with Crippen molar-refractivity contribution in [3.8, 4) is 0 Å². The van der Waals surface area contributed by atoms with Gasteiger partial charge in [0.2, 0.25) is 0 Å². The fourth-order valence-corrected chi connectivity index (χ4v) is 5.35. The van der Waals surface area contributed by atoms with E-state index in [9.17, 15) is 4.21 Å². The number of rotatable bonds is 3. The first-order valence-corrected chi connectivity index (χ1v) is 8.15. The van der Waals surface area contributed by atoms with Crippen LogP contribution in [-0.2, 0) is 10.8 Å². The standard InChI is InChI=1S/C13H25NOS/c1-14-11-6-5-9-13(10-11)16(15)12-7-3-2-4-8-12/h11-14H,2-10H2,1H3. The van der Waals surface area contributed by atoms with Gasteiger partial charge in [-0.3, -0.25) is 4.21 Å². The highest BCUT2D eigenvalue weighted by molar-refractivity contribution is 7.86. The third-order valence-electron chi connectivity index (χ3n) is 4.24. The van der Waals surface area contributed by atoms with E-state index >= 15 is 0 Å². The van der Waals surface area contributed by atoms with E-state index in [0.717, 1.165) is 6.42 Å². The largest absolute Gasteiger partial charge is 0.317 e. The van der Waals surface area contributed by atoms with Crippen LogP contribution in [0.3, 0.4) is 0 Å². The predicted octanol–water partition coefficient (Wildman–Crippen LogP) is 2.60. The summed E-state index contributed by atoms with van der Waals surface area (Å²) in [6.45, 7) is 0. The first-order valence-electron chi connectivity index (χ1n) is 6.88. The lowest BCUT2D eigenvalue weighted by atomic mass is 9.95. The summed E-state index contributed by atoms with van der Waals surface area (Å²) >= 11 is 0. The predicted molar refractivity (Wildman–Crippen MR) is 70.1 cm³/mol. The van der Waals surface area contributed by atoms with Crippen LogP contribution in [0.5, 0.6) is 0 Å². The van der Waals surface area contributed by atoms with E-state index in [-0.39, 0.29) is 0 Å². The smallest absolute Gasteiger partial charge is 0.0365 e. The molecule has 94 valence electrons. The molecule has 1 N–H and O–H groups in total. The third-order valence-corrected chi connectivity index (χ3v) is 6.46. The lowest BCUT2D eigenvalue weighted by molar-refractivity contribution is 0.394. The summed E-state index contributed by atoms with van der Waals surface area (Å²) in [5.41, 5.74) is 0. The zero-order valence-corrected chi connectivity index (χ0v) is 11.2. The normalized spacial score (nSPS) is 34.8. The van der Waals surface area contributed by atoms with E-state index in [2.05, 4.69) is 5.32 Å². The van der Waals surface area contributed by atoms with Gasteiger partial charge < -0.3 is 5.32 Å². The molecule has 0 aromatic carbocycles. The van der Waals surface area contributed by atoms with Crippen LogP contribution in [-0.4, -0.2) is 27.8 Å². The van der Waals surface area contributed by atoms with Crippen LogP contribution in [0.2, 0.25) is 0 Å². The van der Waals surface area contributed by atoms with Crippen LogP contribution < -0.4 is 5.32 Å². The second-order valence-electron chi connectivity index (χ2n) is 5.36. The van der Waals surface area contributed by atoms with Crippen LogP contribution in [0.4, 0.5) is 0 Å². The monoisotopic (exact) mass is 243 g/mol. The van der Waals surface area contributed by atoms with Gasteiger partial charge in [0.25, 0.3) is 0 Å². The maximum Gasteiger partial charge on any atom is 0.0365 e. The van der Waals surface area contributed by atoms with Gasteiger partial charge in [-0.25, -0.2) is 0 Å². The molecule has 0 aromatic rings. The molecule has 0 saturated heterocycles. The minimum Gasteiger partial charge on any atom is -0.317 e. The quantitative estimate of drug-likeness (QED) is 0.825. The van der Waals surface area contributed by atoms with Gasteiger partial charge in [0.15, 0.2) is 0 Å². The maximum atomic E-state index is 12.5. The van der Waals surface area contributed by atoms with Gasteiger partial charge in [0.1, 0.15) is 0 Å². The lowest BCUT2D eigenvalue weighted by Crippen LogP contribution is -2.38. The van der Waals surface area contributed by atoms with Crippen LogP contribution in [0, 0.1) is 0 Å². The molecule has 0 aromatic heterocycles. The molecule has 2 fully saturated rings. The molecule has 2 rings (SSSR count). The first-order chi connectivity index (χ1) is 7.81. The molecule has 2 aliphatic carbocycles. The van der Waals surface area contributed by atoms with E-state index in [1.807, 2.05) is 7.05 Å². The average Bonchev–Trinajstić information content (AvgIpc) is 2.39. The molecule has 0 heterocycles. The van der Waals surface area contributed by atoms with Crippen molar-refractivity contribution in [3.05, 3.63) is 0 Å². The van der Waals surface area contributed by atoms with E-state index < -0.39 is 10.8 Å². The molecule has 2 saturated carbocycles. The van der Waals surface area contributed by atoms with Crippen molar-refractivity contribution in [2.75, 3.05) is 7.05 Å². The van der Waals surface area contributed by atoms with Crippen molar-refractivity contribution in [1.82, 2.24) is 5.32 Å². The zero-order valence-electron chi connectivity index (χ0n) is 10.4. The van der Waals surface area contributed by atoms with Crippen LogP contribution >= 0.6 is 0 Å². The fourth-order valence-electron chi connectivity index (χ4n) is 3.19. The minimum atomic E-state index is -0.555. The first kappa shape index (κ1) is 12.6. The Morgan fingerprint density at radius 1 is 0.938 bits per heavy atom. The topological polar surface area (TPSA) is 29.1 Å². The van der Waals surface area contributed by atoms with Crippen LogP contribution in [0.15, 0.2) is 0 Å².